The molecule has 104 valence electrons. The molecule has 0 radical (unpaired) electrons. The van der Waals surface area contributed by atoms with Crippen molar-refractivity contribution in [2.24, 2.45) is 5.92 Å². The minimum absolute atomic E-state index is 0.0385. The van der Waals surface area contributed by atoms with Crippen molar-refractivity contribution in [1.82, 2.24) is 9.80 Å². The van der Waals surface area contributed by atoms with Gasteiger partial charge < -0.3 is 14.9 Å². The average Bonchev–Trinajstić information content (AvgIpc) is 2.70. The maximum Gasteiger partial charge on any atom is 0.326 e. The second kappa shape index (κ2) is 6.61. The van der Waals surface area contributed by atoms with Crippen LogP contribution >= 0.6 is 0 Å². The van der Waals surface area contributed by atoms with Gasteiger partial charge in [0.15, 0.2) is 0 Å². The summed E-state index contributed by atoms with van der Waals surface area (Å²) in [4.78, 5) is 26.9. The number of amides is 2. The maximum absolute atomic E-state index is 12.4. The molecule has 0 aromatic heterocycles. The lowest BCUT2D eigenvalue weighted by Gasteiger charge is -2.30. The van der Waals surface area contributed by atoms with Gasteiger partial charge in [-0.25, -0.2) is 9.59 Å². The predicted molar refractivity (Wildman–Crippen MR) is 69.5 cm³/mol. The number of carboxylic acid groups (broad SMARTS) is 1. The van der Waals surface area contributed by atoms with Crippen molar-refractivity contribution in [1.29, 1.82) is 0 Å². The second-order valence-corrected chi connectivity index (χ2v) is 5.01. The largest absolute Gasteiger partial charge is 0.480 e. The van der Waals surface area contributed by atoms with Gasteiger partial charge in [0.1, 0.15) is 6.04 Å². The van der Waals surface area contributed by atoms with Crippen LogP contribution in [0.1, 0.15) is 40.0 Å². The van der Waals surface area contributed by atoms with Crippen LogP contribution in [0.25, 0.3) is 0 Å². The van der Waals surface area contributed by atoms with Crippen molar-refractivity contribution >= 4 is 12.0 Å². The van der Waals surface area contributed by atoms with Crippen molar-refractivity contribution in [2.75, 3.05) is 19.6 Å². The van der Waals surface area contributed by atoms with Crippen LogP contribution in [0.5, 0.6) is 0 Å². The Kier molecular flexibility index (Phi) is 5.44. The summed E-state index contributed by atoms with van der Waals surface area (Å²) in [5.41, 5.74) is 0. The summed E-state index contributed by atoms with van der Waals surface area (Å²) >= 11 is 0. The molecule has 0 spiro atoms. The van der Waals surface area contributed by atoms with Crippen molar-refractivity contribution in [3.8, 4) is 0 Å². The zero-order valence-electron chi connectivity index (χ0n) is 11.6. The summed E-state index contributed by atoms with van der Waals surface area (Å²) in [6.07, 6.45) is 2.56. The zero-order chi connectivity index (χ0) is 13.7. The number of carbonyl (C=O) groups is 2. The Labute approximate surface area is 109 Å². The fourth-order valence-electron chi connectivity index (χ4n) is 2.56. The van der Waals surface area contributed by atoms with Crippen molar-refractivity contribution in [3.63, 3.8) is 0 Å². The molecule has 5 nitrogen and oxygen atoms in total. The zero-order valence-corrected chi connectivity index (χ0v) is 11.6. The van der Waals surface area contributed by atoms with Gasteiger partial charge in [-0.3, -0.25) is 0 Å². The normalized spacial score (nSPS) is 23.2. The molecule has 2 amide bonds. The molecule has 5 heteroatoms. The van der Waals surface area contributed by atoms with Gasteiger partial charge in [-0.1, -0.05) is 20.8 Å². The molecule has 2 unspecified atom stereocenters. The summed E-state index contributed by atoms with van der Waals surface area (Å²) in [7, 11) is 0. The Morgan fingerprint density at radius 1 is 1.28 bits per heavy atom. The van der Waals surface area contributed by atoms with Gasteiger partial charge in [0.2, 0.25) is 0 Å². The molecule has 0 bridgehead atoms. The molecule has 2 atom stereocenters. The van der Waals surface area contributed by atoms with Gasteiger partial charge in [0.25, 0.3) is 0 Å². The Morgan fingerprint density at radius 3 is 2.28 bits per heavy atom. The number of rotatable bonds is 5. The van der Waals surface area contributed by atoms with Crippen molar-refractivity contribution < 1.29 is 14.7 Å². The highest BCUT2D eigenvalue weighted by Gasteiger charge is 2.40. The quantitative estimate of drug-likeness (QED) is 0.818. The molecule has 0 aromatic rings. The van der Waals surface area contributed by atoms with E-state index >= 15 is 0 Å². The van der Waals surface area contributed by atoms with Crippen LogP contribution in [0.4, 0.5) is 4.79 Å². The molecule has 1 aliphatic heterocycles. The van der Waals surface area contributed by atoms with E-state index in [0.717, 1.165) is 19.3 Å². The first-order chi connectivity index (χ1) is 8.52. The third-order valence-corrected chi connectivity index (χ3v) is 3.46. The molecular formula is C13H24N2O3. The van der Waals surface area contributed by atoms with E-state index in [-0.39, 0.29) is 11.9 Å². The van der Waals surface area contributed by atoms with E-state index < -0.39 is 12.0 Å². The van der Waals surface area contributed by atoms with Gasteiger partial charge in [0.05, 0.1) is 0 Å². The lowest BCUT2D eigenvalue weighted by molar-refractivity contribution is -0.142. The van der Waals surface area contributed by atoms with Gasteiger partial charge in [-0.2, -0.15) is 0 Å². The summed E-state index contributed by atoms with van der Waals surface area (Å²) in [6.45, 7) is 7.90. The number of carboxylic acids is 1. The standard InChI is InChI=1S/C13H24N2O3/c1-4-7-14(8-5-2)13(18)15-9-6-10(3)11(15)12(16)17/h10-11H,4-9H2,1-3H3,(H,16,17). The van der Waals surface area contributed by atoms with E-state index in [1.54, 1.807) is 4.90 Å². The number of hydrogen-bond acceptors (Lipinski definition) is 2. The van der Waals surface area contributed by atoms with Crippen LogP contribution in [0, 0.1) is 5.92 Å². The fraction of sp³-hybridized carbons (Fsp3) is 0.846. The second-order valence-electron chi connectivity index (χ2n) is 5.01. The average molecular weight is 256 g/mol. The van der Waals surface area contributed by atoms with E-state index in [1.807, 2.05) is 20.8 Å². The Morgan fingerprint density at radius 2 is 1.83 bits per heavy atom. The van der Waals surface area contributed by atoms with Gasteiger partial charge in [-0.15, -0.1) is 0 Å². The van der Waals surface area contributed by atoms with Crippen LogP contribution in [0.2, 0.25) is 0 Å². The summed E-state index contributed by atoms with van der Waals surface area (Å²) in [5.74, 6) is -0.849. The third-order valence-electron chi connectivity index (χ3n) is 3.46. The van der Waals surface area contributed by atoms with E-state index in [0.29, 0.717) is 19.6 Å². The van der Waals surface area contributed by atoms with Crippen molar-refractivity contribution in [2.45, 2.75) is 46.1 Å². The number of nitrogens with zero attached hydrogens (tertiary/aromatic N) is 2. The smallest absolute Gasteiger partial charge is 0.326 e. The molecule has 0 saturated carbocycles. The molecule has 1 saturated heterocycles. The van der Waals surface area contributed by atoms with Gasteiger partial charge in [-0.05, 0) is 25.2 Å². The SMILES string of the molecule is CCCN(CCC)C(=O)N1CCC(C)C1C(=O)O. The fourth-order valence-corrected chi connectivity index (χ4v) is 2.56. The van der Waals surface area contributed by atoms with E-state index in [2.05, 4.69) is 0 Å². The number of hydrogen-bond donors (Lipinski definition) is 1. The number of aliphatic carboxylic acids is 1. The van der Waals surface area contributed by atoms with Crippen molar-refractivity contribution in [3.05, 3.63) is 0 Å². The highest BCUT2D eigenvalue weighted by molar-refractivity contribution is 5.83. The number of likely N-dealkylation sites (tertiary alicyclic amines) is 1. The topological polar surface area (TPSA) is 60.9 Å². The molecule has 18 heavy (non-hydrogen) atoms. The van der Waals surface area contributed by atoms with Crippen LogP contribution in [0.3, 0.4) is 0 Å². The third kappa shape index (κ3) is 3.15. The monoisotopic (exact) mass is 256 g/mol. The summed E-state index contributed by atoms with van der Waals surface area (Å²) < 4.78 is 0. The van der Waals surface area contributed by atoms with E-state index in [1.165, 1.54) is 4.90 Å². The molecule has 1 aliphatic rings. The lowest BCUT2D eigenvalue weighted by atomic mass is 10.0. The number of urea groups is 1. The highest BCUT2D eigenvalue weighted by Crippen LogP contribution is 2.25. The molecule has 0 aliphatic carbocycles. The van der Waals surface area contributed by atoms with Gasteiger partial charge in [0, 0.05) is 19.6 Å². The summed E-state index contributed by atoms with van der Waals surface area (Å²) in [6, 6.07) is -0.774. The van der Waals surface area contributed by atoms with Gasteiger partial charge >= 0.3 is 12.0 Å². The maximum atomic E-state index is 12.4. The Bertz CT molecular complexity index is 301. The first kappa shape index (κ1) is 14.8. The lowest BCUT2D eigenvalue weighted by Crippen LogP contribution is -2.49. The molecule has 0 aromatic carbocycles. The molecule has 1 fully saturated rings. The first-order valence-electron chi connectivity index (χ1n) is 6.81. The molecule has 1 heterocycles. The van der Waals surface area contributed by atoms with Crippen LogP contribution in [-0.2, 0) is 4.79 Å². The molecule has 1 N–H and O–H groups in total. The Hall–Kier alpha value is -1.26. The van der Waals surface area contributed by atoms with Crippen LogP contribution < -0.4 is 0 Å². The molecule has 1 rings (SSSR count). The Balaban J connectivity index is 2.77. The van der Waals surface area contributed by atoms with E-state index in [4.69, 9.17) is 0 Å². The van der Waals surface area contributed by atoms with Crippen LogP contribution in [0.15, 0.2) is 0 Å². The first-order valence-corrected chi connectivity index (χ1v) is 6.81. The minimum atomic E-state index is -0.888. The summed E-state index contributed by atoms with van der Waals surface area (Å²) in [5, 5.41) is 9.23. The molecular weight excluding hydrogens is 232 g/mol. The predicted octanol–water partition coefficient (Wildman–Crippen LogP) is 2.02. The van der Waals surface area contributed by atoms with E-state index in [9.17, 15) is 14.7 Å². The highest BCUT2D eigenvalue weighted by atomic mass is 16.4. The minimum Gasteiger partial charge on any atom is -0.480 e. The van der Waals surface area contributed by atoms with Crippen LogP contribution in [-0.4, -0.2) is 52.6 Å². The number of carbonyl (C=O) groups excluding carboxylic acids is 1.